The maximum absolute atomic E-state index is 14.7. The molecule has 3 aromatic rings. The Morgan fingerprint density at radius 2 is 1.89 bits per heavy atom. The highest BCUT2D eigenvalue weighted by atomic mass is 19.1. The SMILES string of the molecule is CCc1cccc2c(C(CC(=O)N3CCCC3)c3ccccc3F)c[nH]c12. The number of amides is 1. The van der Waals surface area contributed by atoms with Gasteiger partial charge in [0.25, 0.3) is 0 Å². The zero-order chi connectivity index (χ0) is 18.8. The second-order valence-corrected chi connectivity index (χ2v) is 7.30. The summed E-state index contributed by atoms with van der Waals surface area (Å²) in [6.07, 6.45) is 5.29. The molecule has 0 aliphatic carbocycles. The highest BCUT2D eigenvalue weighted by Crippen LogP contribution is 2.36. The summed E-state index contributed by atoms with van der Waals surface area (Å²) in [6.45, 7) is 3.76. The molecule has 1 aliphatic rings. The summed E-state index contributed by atoms with van der Waals surface area (Å²) in [5, 5.41) is 1.08. The minimum atomic E-state index is -0.292. The van der Waals surface area contributed by atoms with E-state index >= 15 is 0 Å². The molecular formula is C23H25FN2O. The third kappa shape index (κ3) is 3.36. The van der Waals surface area contributed by atoms with Crippen molar-refractivity contribution in [3.05, 3.63) is 71.2 Å². The number of carbonyl (C=O) groups excluding carboxylic acids is 1. The Morgan fingerprint density at radius 1 is 1.11 bits per heavy atom. The molecule has 1 aliphatic heterocycles. The number of benzene rings is 2. The first-order chi connectivity index (χ1) is 13.2. The summed E-state index contributed by atoms with van der Waals surface area (Å²) < 4.78 is 14.7. The molecule has 1 N–H and O–H groups in total. The molecule has 0 saturated carbocycles. The van der Waals surface area contributed by atoms with Crippen LogP contribution in [0.4, 0.5) is 4.39 Å². The zero-order valence-corrected chi connectivity index (χ0v) is 15.7. The summed E-state index contributed by atoms with van der Waals surface area (Å²) in [6, 6.07) is 13.0. The maximum atomic E-state index is 14.7. The quantitative estimate of drug-likeness (QED) is 0.678. The summed E-state index contributed by atoms with van der Waals surface area (Å²) in [7, 11) is 0. The van der Waals surface area contributed by atoms with E-state index in [1.54, 1.807) is 12.1 Å². The van der Waals surface area contributed by atoms with Gasteiger partial charge >= 0.3 is 0 Å². The van der Waals surface area contributed by atoms with E-state index < -0.39 is 0 Å². The summed E-state index contributed by atoms with van der Waals surface area (Å²) in [5.41, 5.74) is 3.91. The van der Waals surface area contributed by atoms with Crippen LogP contribution in [-0.4, -0.2) is 28.9 Å². The lowest BCUT2D eigenvalue weighted by Crippen LogP contribution is -2.29. The Hall–Kier alpha value is -2.62. The standard InChI is InChI=1S/C23H25FN2O/c1-2-16-8-7-10-18-20(15-25-23(16)18)19(17-9-3-4-11-21(17)24)14-22(27)26-12-5-6-13-26/h3-4,7-11,15,19,25H,2,5-6,12-14H2,1H3. The fraction of sp³-hybridized carbons (Fsp3) is 0.348. The number of fused-ring (bicyclic) bond motifs is 1. The van der Waals surface area contributed by atoms with E-state index in [1.165, 1.54) is 11.6 Å². The molecule has 4 heteroatoms. The van der Waals surface area contributed by atoms with Gasteiger partial charge in [-0.25, -0.2) is 4.39 Å². The Bertz CT molecular complexity index is 956. The van der Waals surface area contributed by atoms with Crippen molar-refractivity contribution in [1.29, 1.82) is 0 Å². The van der Waals surface area contributed by atoms with Crippen molar-refractivity contribution < 1.29 is 9.18 Å². The average molecular weight is 364 g/mol. The number of aromatic amines is 1. The molecule has 27 heavy (non-hydrogen) atoms. The molecule has 4 rings (SSSR count). The third-order valence-electron chi connectivity index (χ3n) is 5.71. The van der Waals surface area contributed by atoms with E-state index in [-0.39, 0.29) is 17.6 Å². The van der Waals surface area contributed by atoms with Crippen LogP contribution in [0.1, 0.15) is 48.8 Å². The second kappa shape index (κ2) is 7.55. The van der Waals surface area contributed by atoms with Gasteiger partial charge in [-0.3, -0.25) is 4.79 Å². The number of hydrogen-bond acceptors (Lipinski definition) is 1. The number of nitrogens with zero attached hydrogens (tertiary/aromatic N) is 1. The molecule has 2 aromatic carbocycles. The lowest BCUT2D eigenvalue weighted by Gasteiger charge is -2.22. The van der Waals surface area contributed by atoms with Crippen molar-refractivity contribution in [1.82, 2.24) is 9.88 Å². The number of aromatic nitrogens is 1. The highest BCUT2D eigenvalue weighted by Gasteiger charge is 2.27. The van der Waals surface area contributed by atoms with Gasteiger partial charge in [0.15, 0.2) is 0 Å². The van der Waals surface area contributed by atoms with Crippen molar-refractivity contribution in [3.8, 4) is 0 Å². The Morgan fingerprint density at radius 3 is 2.63 bits per heavy atom. The number of H-pyrrole nitrogens is 1. The van der Waals surface area contributed by atoms with Gasteiger partial charge in [-0.15, -0.1) is 0 Å². The van der Waals surface area contributed by atoms with E-state index in [4.69, 9.17) is 0 Å². The number of halogens is 1. The first-order valence-electron chi connectivity index (χ1n) is 9.80. The zero-order valence-electron chi connectivity index (χ0n) is 15.7. The van der Waals surface area contributed by atoms with Gasteiger partial charge in [0.1, 0.15) is 5.82 Å². The normalized spacial score (nSPS) is 15.4. The molecule has 0 radical (unpaired) electrons. The molecule has 1 fully saturated rings. The van der Waals surface area contributed by atoms with E-state index in [0.29, 0.717) is 12.0 Å². The second-order valence-electron chi connectivity index (χ2n) is 7.30. The number of aryl methyl sites for hydroxylation is 1. The minimum Gasteiger partial charge on any atom is -0.361 e. The number of rotatable bonds is 5. The van der Waals surface area contributed by atoms with E-state index in [9.17, 15) is 9.18 Å². The summed E-state index contributed by atoms with van der Waals surface area (Å²) >= 11 is 0. The molecular weight excluding hydrogens is 339 g/mol. The molecule has 1 saturated heterocycles. The summed E-state index contributed by atoms with van der Waals surface area (Å²) in [5.74, 6) is -0.431. The lowest BCUT2D eigenvalue weighted by atomic mass is 9.87. The first-order valence-corrected chi connectivity index (χ1v) is 9.80. The number of carbonyl (C=O) groups is 1. The largest absolute Gasteiger partial charge is 0.361 e. The molecule has 1 aromatic heterocycles. The molecule has 140 valence electrons. The van der Waals surface area contributed by atoms with Crippen molar-refractivity contribution in [2.75, 3.05) is 13.1 Å². The van der Waals surface area contributed by atoms with E-state index in [0.717, 1.165) is 48.8 Å². The number of nitrogens with one attached hydrogen (secondary N) is 1. The number of para-hydroxylation sites is 1. The van der Waals surface area contributed by atoms with Crippen molar-refractivity contribution in [3.63, 3.8) is 0 Å². The minimum absolute atomic E-state index is 0.113. The molecule has 0 spiro atoms. The summed E-state index contributed by atoms with van der Waals surface area (Å²) in [4.78, 5) is 18.2. The molecule has 2 heterocycles. The molecule has 1 atom stereocenters. The van der Waals surface area contributed by atoms with Crippen LogP contribution >= 0.6 is 0 Å². The smallest absolute Gasteiger partial charge is 0.223 e. The fourth-order valence-electron chi connectivity index (χ4n) is 4.24. The highest BCUT2D eigenvalue weighted by molar-refractivity contribution is 5.88. The van der Waals surface area contributed by atoms with Crippen LogP contribution in [0.25, 0.3) is 10.9 Å². The van der Waals surface area contributed by atoms with Gasteiger partial charge in [0.05, 0.1) is 0 Å². The predicted octanol–water partition coefficient (Wildman–Crippen LogP) is 5.01. The van der Waals surface area contributed by atoms with Crippen LogP contribution in [-0.2, 0) is 11.2 Å². The predicted molar refractivity (Wildman–Crippen MR) is 106 cm³/mol. The van der Waals surface area contributed by atoms with Gasteiger partial charge in [0, 0.05) is 42.5 Å². The fourth-order valence-corrected chi connectivity index (χ4v) is 4.24. The van der Waals surface area contributed by atoms with Crippen LogP contribution in [0.5, 0.6) is 0 Å². The van der Waals surface area contributed by atoms with E-state index in [1.807, 2.05) is 23.2 Å². The van der Waals surface area contributed by atoms with Crippen LogP contribution in [0, 0.1) is 5.82 Å². The Balaban J connectivity index is 1.78. The number of hydrogen-bond donors (Lipinski definition) is 1. The molecule has 1 amide bonds. The Kier molecular flexibility index (Phi) is 4.97. The van der Waals surface area contributed by atoms with Gasteiger partial charge in [-0.2, -0.15) is 0 Å². The monoisotopic (exact) mass is 364 g/mol. The van der Waals surface area contributed by atoms with Crippen molar-refractivity contribution >= 4 is 16.8 Å². The van der Waals surface area contributed by atoms with Crippen molar-refractivity contribution in [2.24, 2.45) is 0 Å². The van der Waals surface area contributed by atoms with Gasteiger partial charge < -0.3 is 9.88 Å². The van der Waals surface area contributed by atoms with Crippen LogP contribution in [0.3, 0.4) is 0 Å². The third-order valence-corrected chi connectivity index (χ3v) is 5.71. The van der Waals surface area contributed by atoms with Gasteiger partial charge in [-0.1, -0.05) is 43.3 Å². The first kappa shape index (κ1) is 17.8. The topological polar surface area (TPSA) is 36.1 Å². The average Bonchev–Trinajstić information content (AvgIpc) is 3.36. The number of likely N-dealkylation sites (tertiary alicyclic amines) is 1. The van der Waals surface area contributed by atoms with Crippen LogP contribution in [0.15, 0.2) is 48.7 Å². The molecule has 0 bridgehead atoms. The van der Waals surface area contributed by atoms with Gasteiger partial charge in [-0.05, 0) is 42.0 Å². The molecule has 3 nitrogen and oxygen atoms in total. The Labute approximate surface area is 159 Å². The lowest BCUT2D eigenvalue weighted by molar-refractivity contribution is -0.130. The van der Waals surface area contributed by atoms with Crippen LogP contribution in [0.2, 0.25) is 0 Å². The maximum Gasteiger partial charge on any atom is 0.223 e. The molecule has 1 unspecified atom stereocenters. The van der Waals surface area contributed by atoms with Crippen LogP contribution < -0.4 is 0 Å². The van der Waals surface area contributed by atoms with E-state index in [2.05, 4.69) is 24.0 Å². The van der Waals surface area contributed by atoms with Crippen molar-refractivity contribution in [2.45, 2.75) is 38.5 Å². The van der Waals surface area contributed by atoms with Gasteiger partial charge in [0.2, 0.25) is 5.91 Å².